The highest BCUT2D eigenvalue weighted by molar-refractivity contribution is 6.00. The molecule has 1 aliphatic rings. The van der Waals surface area contributed by atoms with Gasteiger partial charge in [0, 0.05) is 24.3 Å². The number of hydrogen-bond acceptors (Lipinski definition) is 5. The van der Waals surface area contributed by atoms with Gasteiger partial charge in [0.15, 0.2) is 6.61 Å². The molecule has 1 saturated heterocycles. The molecule has 30 heavy (non-hydrogen) atoms. The first kappa shape index (κ1) is 21.3. The summed E-state index contributed by atoms with van der Waals surface area (Å²) in [7, 11) is 0. The Morgan fingerprint density at radius 3 is 2.50 bits per heavy atom. The summed E-state index contributed by atoms with van der Waals surface area (Å²) in [6.45, 7) is 2.34. The van der Waals surface area contributed by atoms with Gasteiger partial charge in [0.25, 0.3) is 5.91 Å². The predicted molar refractivity (Wildman–Crippen MR) is 109 cm³/mol. The molecule has 1 heterocycles. The van der Waals surface area contributed by atoms with Crippen LogP contribution in [0.1, 0.15) is 19.8 Å². The second-order valence-corrected chi connectivity index (χ2v) is 6.91. The quantitative estimate of drug-likeness (QED) is 0.671. The highest BCUT2D eigenvalue weighted by atomic mass is 19.1. The Kier molecular flexibility index (Phi) is 7.00. The van der Waals surface area contributed by atoms with Crippen LogP contribution in [0.4, 0.5) is 15.8 Å². The van der Waals surface area contributed by atoms with Crippen molar-refractivity contribution in [3.63, 3.8) is 0 Å². The molecule has 2 amide bonds. The van der Waals surface area contributed by atoms with Crippen LogP contribution in [-0.4, -0.2) is 37.5 Å². The number of benzene rings is 2. The van der Waals surface area contributed by atoms with Gasteiger partial charge in [0.1, 0.15) is 11.6 Å². The van der Waals surface area contributed by atoms with Crippen LogP contribution < -0.4 is 15.0 Å². The van der Waals surface area contributed by atoms with Gasteiger partial charge in [-0.2, -0.15) is 0 Å². The van der Waals surface area contributed by atoms with Crippen molar-refractivity contribution in [1.82, 2.24) is 0 Å². The number of nitrogens with one attached hydrogen (secondary N) is 1. The van der Waals surface area contributed by atoms with Crippen LogP contribution in [0, 0.1) is 11.7 Å². The molecule has 0 saturated carbocycles. The van der Waals surface area contributed by atoms with Gasteiger partial charge in [0.05, 0.1) is 12.5 Å². The number of halogens is 1. The second kappa shape index (κ2) is 9.87. The summed E-state index contributed by atoms with van der Waals surface area (Å²) in [6, 6.07) is 12.3. The number of rotatable bonds is 8. The van der Waals surface area contributed by atoms with E-state index in [0.29, 0.717) is 18.0 Å². The Morgan fingerprint density at radius 2 is 1.83 bits per heavy atom. The number of nitrogens with zero attached hydrogens (tertiary/aromatic N) is 1. The first-order valence-corrected chi connectivity index (χ1v) is 9.71. The Bertz CT molecular complexity index is 899. The van der Waals surface area contributed by atoms with Gasteiger partial charge in [-0.1, -0.05) is 6.92 Å². The number of amides is 2. The van der Waals surface area contributed by atoms with Crippen molar-refractivity contribution in [2.75, 3.05) is 30.0 Å². The van der Waals surface area contributed by atoms with Crippen LogP contribution in [0.5, 0.6) is 5.75 Å². The lowest BCUT2D eigenvalue weighted by molar-refractivity contribution is -0.151. The molecule has 3 rings (SSSR count). The molecule has 0 unspecified atom stereocenters. The van der Waals surface area contributed by atoms with Crippen LogP contribution in [0.15, 0.2) is 48.5 Å². The number of carbonyl (C=O) groups excluding carboxylic acids is 3. The van der Waals surface area contributed by atoms with Crippen LogP contribution in [0.3, 0.4) is 0 Å². The minimum atomic E-state index is -0.646. The maximum Gasteiger partial charge on any atom is 0.311 e. The number of hydrogen-bond donors (Lipinski definition) is 1. The zero-order valence-corrected chi connectivity index (χ0v) is 16.6. The van der Waals surface area contributed by atoms with Gasteiger partial charge in [-0.3, -0.25) is 14.4 Å². The minimum Gasteiger partial charge on any atom is -0.494 e. The molecule has 8 heteroatoms. The Labute approximate surface area is 173 Å². The van der Waals surface area contributed by atoms with E-state index in [2.05, 4.69) is 5.32 Å². The van der Waals surface area contributed by atoms with Crippen molar-refractivity contribution in [3.05, 3.63) is 54.3 Å². The summed E-state index contributed by atoms with van der Waals surface area (Å²) in [5.41, 5.74) is 1.07. The summed E-state index contributed by atoms with van der Waals surface area (Å²) >= 11 is 0. The van der Waals surface area contributed by atoms with E-state index in [9.17, 15) is 18.8 Å². The SMILES string of the molecule is CCCOc1ccc(N2C[C@@H](C(=O)OCC(=O)Nc3ccc(F)cc3)CC2=O)cc1. The van der Waals surface area contributed by atoms with Gasteiger partial charge in [-0.25, -0.2) is 4.39 Å². The maximum atomic E-state index is 12.9. The summed E-state index contributed by atoms with van der Waals surface area (Å²) < 4.78 is 23.5. The lowest BCUT2D eigenvalue weighted by Crippen LogP contribution is -2.28. The highest BCUT2D eigenvalue weighted by Crippen LogP contribution is 2.27. The van der Waals surface area contributed by atoms with Crippen LogP contribution in [0.25, 0.3) is 0 Å². The third-order valence-electron chi connectivity index (χ3n) is 4.55. The van der Waals surface area contributed by atoms with E-state index >= 15 is 0 Å². The molecule has 1 atom stereocenters. The van der Waals surface area contributed by atoms with Gasteiger partial charge >= 0.3 is 5.97 Å². The summed E-state index contributed by atoms with van der Waals surface area (Å²) in [6.07, 6.45) is 0.921. The summed E-state index contributed by atoms with van der Waals surface area (Å²) in [4.78, 5) is 38.0. The van der Waals surface area contributed by atoms with Gasteiger partial charge in [-0.15, -0.1) is 0 Å². The van der Waals surface area contributed by atoms with Crippen LogP contribution >= 0.6 is 0 Å². The zero-order valence-electron chi connectivity index (χ0n) is 16.6. The molecule has 1 aliphatic heterocycles. The molecule has 0 bridgehead atoms. The average molecular weight is 414 g/mol. The third-order valence-corrected chi connectivity index (χ3v) is 4.55. The first-order valence-electron chi connectivity index (χ1n) is 9.71. The Morgan fingerprint density at radius 1 is 1.13 bits per heavy atom. The average Bonchev–Trinajstić information content (AvgIpc) is 3.14. The molecule has 2 aromatic rings. The van der Waals surface area contributed by atoms with Crippen LogP contribution in [-0.2, 0) is 19.1 Å². The third kappa shape index (κ3) is 5.56. The molecule has 0 aromatic heterocycles. The summed E-state index contributed by atoms with van der Waals surface area (Å²) in [5.74, 6) is -1.68. The molecule has 2 aromatic carbocycles. The zero-order chi connectivity index (χ0) is 21.5. The molecular formula is C22H23FN2O5. The van der Waals surface area contributed by atoms with Crippen molar-refractivity contribution in [3.8, 4) is 5.75 Å². The van der Waals surface area contributed by atoms with E-state index < -0.39 is 30.2 Å². The van der Waals surface area contributed by atoms with E-state index in [4.69, 9.17) is 9.47 Å². The van der Waals surface area contributed by atoms with E-state index in [1.165, 1.54) is 29.2 Å². The first-order chi connectivity index (χ1) is 14.5. The van der Waals surface area contributed by atoms with E-state index in [0.717, 1.165) is 12.2 Å². The fraction of sp³-hybridized carbons (Fsp3) is 0.318. The molecule has 0 spiro atoms. The smallest absolute Gasteiger partial charge is 0.311 e. The lowest BCUT2D eigenvalue weighted by atomic mass is 10.1. The molecule has 158 valence electrons. The van der Waals surface area contributed by atoms with Crippen molar-refractivity contribution in [2.24, 2.45) is 5.92 Å². The Balaban J connectivity index is 1.49. The molecule has 7 nitrogen and oxygen atoms in total. The van der Waals surface area contributed by atoms with Gasteiger partial charge in [0.2, 0.25) is 5.91 Å². The molecule has 0 aliphatic carbocycles. The minimum absolute atomic E-state index is 0.0203. The van der Waals surface area contributed by atoms with Gasteiger partial charge in [-0.05, 0) is 55.0 Å². The van der Waals surface area contributed by atoms with Crippen molar-refractivity contribution in [2.45, 2.75) is 19.8 Å². The largest absolute Gasteiger partial charge is 0.494 e. The normalized spacial score (nSPS) is 15.7. The lowest BCUT2D eigenvalue weighted by Gasteiger charge is -2.17. The number of anilines is 2. The Hall–Kier alpha value is -3.42. The van der Waals surface area contributed by atoms with E-state index in [1.807, 2.05) is 6.92 Å². The molecule has 1 N–H and O–H groups in total. The standard InChI is InChI=1S/C22H23FN2O5/c1-2-11-29-19-9-7-18(8-10-19)25-13-15(12-21(25)27)22(28)30-14-20(26)24-17-5-3-16(23)4-6-17/h3-10,15H,2,11-14H2,1H3,(H,24,26)/t15-/m0/s1. The van der Waals surface area contributed by atoms with Crippen molar-refractivity contribution >= 4 is 29.2 Å². The number of carbonyl (C=O) groups is 3. The monoisotopic (exact) mass is 414 g/mol. The van der Waals surface area contributed by atoms with Crippen LogP contribution in [0.2, 0.25) is 0 Å². The maximum absolute atomic E-state index is 12.9. The van der Waals surface area contributed by atoms with E-state index in [-0.39, 0.29) is 18.9 Å². The number of ether oxygens (including phenoxy) is 2. The summed E-state index contributed by atoms with van der Waals surface area (Å²) in [5, 5.41) is 2.51. The molecule has 1 fully saturated rings. The fourth-order valence-electron chi connectivity index (χ4n) is 3.04. The highest BCUT2D eigenvalue weighted by Gasteiger charge is 2.36. The number of esters is 1. The van der Waals surface area contributed by atoms with E-state index in [1.54, 1.807) is 24.3 Å². The van der Waals surface area contributed by atoms with Crippen molar-refractivity contribution in [1.29, 1.82) is 0 Å². The second-order valence-electron chi connectivity index (χ2n) is 6.91. The van der Waals surface area contributed by atoms with Crippen molar-refractivity contribution < 1.29 is 28.2 Å². The topological polar surface area (TPSA) is 84.9 Å². The molecule has 0 radical (unpaired) electrons. The molecular weight excluding hydrogens is 391 g/mol. The fourth-order valence-corrected chi connectivity index (χ4v) is 3.04. The predicted octanol–water partition coefficient (Wildman–Crippen LogP) is 3.15. The van der Waals surface area contributed by atoms with Gasteiger partial charge < -0.3 is 19.7 Å².